The Hall–Kier alpha value is -0.0500. The van der Waals surface area contributed by atoms with Gasteiger partial charge in [0.2, 0.25) is 0 Å². The van der Waals surface area contributed by atoms with Gasteiger partial charge in [0.05, 0.1) is 13.0 Å². The minimum absolute atomic E-state index is 0.0440. The SMILES string of the molecule is COC(=O)[C@@H](C)CCCBr. The third-order valence-electron chi connectivity index (χ3n) is 1.37. The molecular weight excluding hydrogens is 196 g/mol. The predicted octanol–water partition coefficient (Wildman–Crippen LogP) is 1.97. The normalized spacial score (nSPS) is 12.7. The van der Waals surface area contributed by atoms with E-state index in [2.05, 4.69) is 20.7 Å². The van der Waals surface area contributed by atoms with Gasteiger partial charge in [0.1, 0.15) is 0 Å². The molecule has 0 N–H and O–H groups in total. The Labute approximate surface area is 70.1 Å². The monoisotopic (exact) mass is 208 g/mol. The van der Waals surface area contributed by atoms with Crippen LogP contribution in [0.2, 0.25) is 0 Å². The van der Waals surface area contributed by atoms with Crippen molar-refractivity contribution in [1.29, 1.82) is 0 Å². The number of methoxy groups -OCH3 is 1. The van der Waals surface area contributed by atoms with E-state index < -0.39 is 0 Å². The van der Waals surface area contributed by atoms with Crippen molar-refractivity contribution >= 4 is 21.9 Å². The van der Waals surface area contributed by atoms with E-state index >= 15 is 0 Å². The van der Waals surface area contributed by atoms with E-state index in [-0.39, 0.29) is 11.9 Å². The van der Waals surface area contributed by atoms with Crippen LogP contribution in [-0.2, 0) is 9.53 Å². The number of halogens is 1. The molecule has 0 bridgehead atoms. The van der Waals surface area contributed by atoms with Gasteiger partial charge in [-0.25, -0.2) is 0 Å². The van der Waals surface area contributed by atoms with Crippen LogP contribution in [-0.4, -0.2) is 18.4 Å². The molecular formula is C7H13BrO2. The van der Waals surface area contributed by atoms with E-state index in [4.69, 9.17) is 0 Å². The first kappa shape index (κ1) is 9.95. The molecule has 0 amide bonds. The van der Waals surface area contributed by atoms with Crippen molar-refractivity contribution in [1.82, 2.24) is 0 Å². The van der Waals surface area contributed by atoms with Gasteiger partial charge in [-0.15, -0.1) is 0 Å². The van der Waals surface area contributed by atoms with Gasteiger partial charge in [-0.2, -0.15) is 0 Å². The van der Waals surface area contributed by atoms with Gasteiger partial charge in [-0.3, -0.25) is 4.79 Å². The van der Waals surface area contributed by atoms with Crippen LogP contribution >= 0.6 is 15.9 Å². The Bertz CT molecular complexity index is 104. The summed E-state index contributed by atoms with van der Waals surface area (Å²) < 4.78 is 4.55. The number of hydrogen-bond donors (Lipinski definition) is 0. The molecule has 0 radical (unpaired) electrons. The fourth-order valence-corrected chi connectivity index (χ4v) is 1.03. The second-order valence-electron chi connectivity index (χ2n) is 2.26. The third kappa shape index (κ3) is 3.88. The van der Waals surface area contributed by atoms with Crippen molar-refractivity contribution in [2.24, 2.45) is 5.92 Å². The zero-order valence-corrected chi connectivity index (χ0v) is 7.98. The van der Waals surface area contributed by atoms with E-state index in [1.54, 1.807) is 0 Å². The van der Waals surface area contributed by atoms with E-state index in [1.807, 2.05) is 6.92 Å². The summed E-state index contributed by atoms with van der Waals surface area (Å²) >= 11 is 3.30. The first-order chi connectivity index (χ1) is 4.72. The Kier molecular flexibility index (Phi) is 5.69. The fourth-order valence-electron chi connectivity index (χ4n) is 0.702. The third-order valence-corrected chi connectivity index (χ3v) is 1.94. The van der Waals surface area contributed by atoms with Crippen LogP contribution in [0.15, 0.2) is 0 Å². The van der Waals surface area contributed by atoms with Crippen LogP contribution in [0.1, 0.15) is 19.8 Å². The highest BCUT2D eigenvalue weighted by molar-refractivity contribution is 9.09. The highest BCUT2D eigenvalue weighted by atomic mass is 79.9. The molecule has 0 heterocycles. The summed E-state index contributed by atoms with van der Waals surface area (Å²) in [6.07, 6.45) is 1.92. The smallest absolute Gasteiger partial charge is 0.308 e. The molecule has 60 valence electrons. The van der Waals surface area contributed by atoms with Crippen molar-refractivity contribution in [2.45, 2.75) is 19.8 Å². The largest absolute Gasteiger partial charge is 0.469 e. The van der Waals surface area contributed by atoms with E-state index in [1.165, 1.54) is 7.11 Å². The summed E-state index contributed by atoms with van der Waals surface area (Å²) in [5.74, 6) is -0.0662. The quantitative estimate of drug-likeness (QED) is 0.522. The van der Waals surface area contributed by atoms with Crippen molar-refractivity contribution in [3.63, 3.8) is 0 Å². The van der Waals surface area contributed by atoms with Gasteiger partial charge in [0.15, 0.2) is 0 Å². The van der Waals surface area contributed by atoms with Gasteiger partial charge in [-0.1, -0.05) is 22.9 Å². The number of hydrogen-bond acceptors (Lipinski definition) is 2. The van der Waals surface area contributed by atoms with E-state index in [9.17, 15) is 4.79 Å². The highest BCUT2D eigenvalue weighted by Crippen LogP contribution is 2.07. The molecule has 0 aliphatic carbocycles. The molecule has 0 fully saturated rings. The summed E-state index contributed by atoms with van der Waals surface area (Å²) in [5.41, 5.74) is 0. The molecule has 1 atom stereocenters. The van der Waals surface area contributed by atoms with Crippen LogP contribution in [0.25, 0.3) is 0 Å². The summed E-state index contributed by atoms with van der Waals surface area (Å²) in [4.78, 5) is 10.8. The molecule has 2 nitrogen and oxygen atoms in total. The molecule has 0 aromatic rings. The lowest BCUT2D eigenvalue weighted by Crippen LogP contribution is -2.12. The minimum atomic E-state index is -0.110. The van der Waals surface area contributed by atoms with Crippen molar-refractivity contribution < 1.29 is 9.53 Å². The van der Waals surface area contributed by atoms with Gasteiger partial charge >= 0.3 is 5.97 Å². The van der Waals surface area contributed by atoms with Crippen LogP contribution in [0.4, 0.5) is 0 Å². The first-order valence-electron chi connectivity index (χ1n) is 3.36. The summed E-state index contributed by atoms with van der Waals surface area (Å²) in [6, 6.07) is 0. The molecule has 3 heteroatoms. The van der Waals surface area contributed by atoms with Crippen molar-refractivity contribution in [3.05, 3.63) is 0 Å². The number of carbonyl (C=O) groups excluding carboxylic acids is 1. The zero-order valence-electron chi connectivity index (χ0n) is 6.39. The van der Waals surface area contributed by atoms with Crippen LogP contribution in [0, 0.1) is 5.92 Å². The van der Waals surface area contributed by atoms with Crippen LogP contribution in [0.3, 0.4) is 0 Å². The van der Waals surface area contributed by atoms with E-state index in [0.29, 0.717) is 0 Å². The lowest BCUT2D eigenvalue weighted by Gasteiger charge is -2.06. The highest BCUT2D eigenvalue weighted by Gasteiger charge is 2.11. The number of ether oxygens (including phenoxy) is 1. The molecule has 0 unspecified atom stereocenters. The van der Waals surface area contributed by atoms with Crippen molar-refractivity contribution in [3.8, 4) is 0 Å². The Morgan fingerprint density at radius 3 is 2.70 bits per heavy atom. The average molecular weight is 209 g/mol. The summed E-state index contributed by atoms with van der Waals surface area (Å²) in [7, 11) is 1.42. The number of esters is 1. The molecule has 10 heavy (non-hydrogen) atoms. The molecule has 0 spiro atoms. The summed E-state index contributed by atoms with van der Waals surface area (Å²) in [5, 5.41) is 0.953. The second-order valence-corrected chi connectivity index (χ2v) is 3.05. The van der Waals surface area contributed by atoms with E-state index in [0.717, 1.165) is 18.2 Å². The molecule has 0 aromatic carbocycles. The predicted molar refractivity (Wildman–Crippen MR) is 44.2 cm³/mol. The van der Waals surface area contributed by atoms with Crippen LogP contribution in [0.5, 0.6) is 0 Å². The average Bonchev–Trinajstić information content (AvgIpc) is 1.98. The Morgan fingerprint density at radius 2 is 2.30 bits per heavy atom. The number of carbonyl (C=O) groups is 1. The lowest BCUT2D eigenvalue weighted by molar-refractivity contribution is -0.145. The fraction of sp³-hybridized carbons (Fsp3) is 0.857. The van der Waals surface area contributed by atoms with Gasteiger partial charge in [0.25, 0.3) is 0 Å². The molecule has 0 aliphatic heterocycles. The topological polar surface area (TPSA) is 26.3 Å². The Balaban J connectivity index is 3.41. The maximum Gasteiger partial charge on any atom is 0.308 e. The Morgan fingerprint density at radius 1 is 1.70 bits per heavy atom. The second kappa shape index (κ2) is 5.71. The van der Waals surface area contributed by atoms with Gasteiger partial charge in [-0.05, 0) is 12.8 Å². The molecule has 0 saturated heterocycles. The lowest BCUT2D eigenvalue weighted by atomic mass is 10.1. The number of alkyl halides is 1. The maximum absolute atomic E-state index is 10.8. The van der Waals surface area contributed by atoms with Gasteiger partial charge in [0, 0.05) is 5.33 Å². The summed E-state index contributed by atoms with van der Waals surface area (Å²) in [6.45, 7) is 1.88. The van der Waals surface area contributed by atoms with Gasteiger partial charge < -0.3 is 4.74 Å². The maximum atomic E-state index is 10.8. The molecule has 0 aromatic heterocycles. The molecule has 0 aliphatic rings. The van der Waals surface area contributed by atoms with Crippen molar-refractivity contribution in [2.75, 3.05) is 12.4 Å². The minimum Gasteiger partial charge on any atom is -0.469 e. The zero-order chi connectivity index (χ0) is 7.98. The molecule has 0 saturated carbocycles. The van der Waals surface area contributed by atoms with Crippen LogP contribution < -0.4 is 0 Å². The number of rotatable bonds is 4. The first-order valence-corrected chi connectivity index (χ1v) is 4.48. The standard InChI is InChI=1S/C7H13BrO2/c1-6(4-3-5-8)7(9)10-2/h6H,3-5H2,1-2H3/t6-/m0/s1. The molecule has 0 rings (SSSR count).